The number of unbranched alkanes of at least 4 members (excludes halogenated alkanes) is 8. The number of hydrogen-bond acceptors (Lipinski definition) is 3. The van der Waals surface area contributed by atoms with Gasteiger partial charge < -0.3 is 5.73 Å². The van der Waals surface area contributed by atoms with E-state index in [2.05, 4.69) is 4.72 Å². The third-order valence-electron chi connectivity index (χ3n) is 3.90. The van der Waals surface area contributed by atoms with Crippen molar-refractivity contribution in [2.45, 2.75) is 63.5 Å². The Bertz CT molecular complexity index is 489. The van der Waals surface area contributed by atoms with Gasteiger partial charge in [-0.1, -0.05) is 75.3 Å². The Hall–Kier alpha value is -0.910. The molecule has 4 nitrogen and oxygen atoms in total. The van der Waals surface area contributed by atoms with Crippen LogP contribution in [0.2, 0.25) is 0 Å². The van der Waals surface area contributed by atoms with Crippen molar-refractivity contribution in [1.82, 2.24) is 4.72 Å². The number of nitrogens with two attached hydrogens (primary N) is 1. The van der Waals surface area contributed by atoms with Gasteiger partial charge in [-0.2, -0.15) is 0 Å². The van der Waals surface area contributed by atoms with Gasteiger partial charge in [0, 0.05) is 6.54 Å². The van der Waals surface area contributed by atoms with Gasteiger partial charge in [0.1, 0.15) is 0 Å². The minimum atomic E-state index is -3.21. The third kappa shape index (κ3) is 11.3. The molecule has 0 amide bonds. The van der Waals surface area contributed by atoms with Crippen LogP contribution in [0, 0.1) is 0 Å². The molecule has 0 saturated heterocycles. The fraction of sp³-hybridized carbons (Fsp3) is 0.667. The van der Waals surface area contributed by atoms with Crippen LogP contribution in [-0.4, -0.2) is 21.5 Å². The smallest absolute Gasteiger partial charge is 0.215 e. The molecular formula is C18H32N2O2S. The fourth-order valence-electron chi connectivity index (χ4n) is 2.58. The van der Waals surface area contributed by atoms with E-state index in [1.165, 1.54) is 38.5 Å². The SMILES string of the molecule is NCCCCCCCCCCCNS(=O)(=O)Cc1ccccc1. The Kier molecular flexibility index (Phi) is 10.9. The second-order valence-electron chi connectivity index (χ2n) is 6.11. The van der Waals surface area contributed by atoms with Crippen LogP contribution in [0.4, 0.5) is 0 Å². The number of rotatable bonds is 14. The molecule has 0 aromatic heterocycles. The predicted molar refractivity (Wildman–Crippen MR) is 97.7 cm³/mol. The Labute approximate surface area is 141 Å². The van der Waals surface area contributed by atoms with Gasteiger partial charge in [0.05, 0.1) is 5.75 Å². The van der Waals surface area contributed by atoms with Crippen LogP contribution in [0.15, 0.2) is 30.3 Å². The van der Waals surface area contributed by atoms with E-state index < -0.39 is 10.0 Å². The first kappa shape index (κ1) is 20.1. The van der Waals surface area contributed by atoms with Crippen molar-refractivity contribution in [1.29, 1.82) is 0 Å². The standard InChI is InChI=1S/C18H32N2O2S/c19-15-11-6-4-2-1-3-5-7-12-16-20-23(21,22)17-18-13-9-8-10-14-18/h8-10,13-14,20H,1-7,11-12,15-17,19H2. The summed E-state index contributed by atoms with van der Waals surface area (Å²) in [5.74, 6) is 0.0661. The van der Waals surface area contributed by atoms with Gasteiger partial charge in [0.25, 0.3) is 0 Å². The summed E-state index contributed by atoms with van der Waals surface area (Å²) in [6, 6.07) is 9.29. The van der Waals surface area contributed by atoms with Crippen molar-refractivity contribution in [2.24, 2.45) is 5.73 Å². The molecular weight excluding hydrogens is 308 g/mol. The van der Waals surface area contributed by atoms with Gasteiger partial charge in [-0.15, -0.1) is 0 Å². The summed E-state index contributed by atoms with van der Waals surface area (Å²) in [5, 5.41) is 0. The van der Waals surface area contributed by atoms with Gasteiger partial charge in [0.2, 0.25) is 10.0 Å². The molecule has 0 aliphatic rings. The van der Waals surface area contributed by atoms with Crippen LogP contribution in [0.5, 0.6) is 0 Å². The number of hydrogen-bond donors (Lipinski definition) is 2. The second-order valence-corrected chi connectivity index (χ2v) is 7.92. The van der Waals surface area contributed by atoms with Crippen LogP contribution in [0.25, 0.3) is 0 Å². The molecule has 3 N–H and O–H groups in total. The molecule has 0 saturated carbocycles. The number of benzene rings is 1. The first-order valence-electron chi connectivity index (χ1n) is 8.85. The van der Waals surface area contributed by atoms with Crippen LogP contribution in [0.1, 0.15) is 63.4 Å². The lowest BCUT2D eigenvalue weighted by Crippen LogP contribution is -2.26. The second kappa shape index (κ2) is 12.5. The Balaban J connectivity index is 1.98. The lowest BCUT2D eigenvalue weighted by Gasteiger charge is -2.07. The largest absolute Gasteiger partial charge is 0.330 e. The van der Waals surface area contributed by atoms with Crippen molar-refractivity contribution >= 4 is 10.0 Å². The minimum Gasteiger partial charge on any atom is -0.330 e. The molecule has 1 aromatic carbocycles. The van der Waals surface area contributed by atoms with Gasteiger partial charge in [0.15, 0.2) is 0 Å². The molecule has 0 radical (unpaired) electrons. The van der Waals surface area contributed by atoms with Gasteiger partial charge >= 0.3 is 0 Å². The van der Waals surface area contributed by atoms with Crippen molar-refractivity contribution in [3.05, 3.63) is 35.9 Å². The lowest BCUT2D eigenvalue weighted by atomic mass is 10.1. The van der Waals surface area contributed by atoms with Crippen LogP contribution in [-0.2, 0) is 15.8 Å². The Morgan fingerprint density at radius 1 is 0.783 bits per heavy atom. The highest BCUT2D eigenvalue weighted by molar-refractivity contribution is 7.88. The van der Waals surface area contributed by atoms with E-state index in [1.807, 2.05) is 30.3 Å². The molecule has 1 rings (SSSR count). The highest BCUT2D eigenvalue weighted by atomic mass is 32.2. The topological polar surface area (TPSA) is 72.2 Å². The predicted octanol–water partition coefficient (Wildman–Crippen LogP) is 3.58. The molecule has 0 unspecified atom stereocenters. The van der Waals surface area contributed by atoms with Gasteiger partial charge in [-0.3, -0.25) is 0 Å². The third-order valence-corrected chi connectivity index (χ3v) is 5.26. The number of sulfonamides is 1. The van der Waals surface area contributed by atoms with E-state index in [0.29, 0.717) is 6.54 Å². The molecule has 0 fully saturated rings. The van der Waals surface area contributed by atoms with Gasteiger partial charge in [-0.25, -0.2) is 13.1 Å². The van der Waals surface area contributed by atoms with Crippen molar-refractivity contribution in [3.63, 3.8) is 0 Å². The first-order chi connectivity index (χ1) is 11.1. The maximum Gasteiger partial charge on any atom is 0.215 e. The van der Waals surface area contributed by atoms with Crippen LogP contribution < -0.4 is 10.5 Å². The van der Waals surface area contributed by atoms with E-state index in [4.69, 9.17) is 5.73 Å². The highest BCUT2D eigenvalue weighted by Crippen LogP contribution is 2.09. The van der Waals surface area contributed by atoms with Gasteiger partial charge in [-0.05, 0) is 24.9 Å². The molecule has 23 heavy (non-hydrogen) atoms. The molecule has 0 spiro atoms. The maximum atomic E-state index is 11.9. The van der Waals surface area contributed by atoms with E-state index in [0.717, 1.165) is 31.4 Å². The minimum absolute atomic E-state index is 0.0661. The summed E-state index contributed by atoms with van der Waals surface area (Å²) >= 11 is 0. The van der Waals surface area contributed by atoms with E-state index in [1.54, 1.807) is 0 Å². The van der Waals surface area contributed by atoms with E-state index in [9.17, 15) is 8.42 Å². The van der Waals surface area contributed by atoms with Crippen molar-refractivity contribution in [3.8, 4) is 0 Å². The summed E-state index contributed by atoms with van der Waals surface area (Å²) in [6.45, 7) is 1.35. The average molecular weight is 341 g/mol. The summed E-state index contributed by atoms with van der Waals surface area (Å²) in [7, 11) is -3.21. The fourth-order valence-corrected chi connectivity index (χ4v) is 3.77. The van der Waals surface area contributed by atoms with E-state index in [-0.39, 0.29) is 5.75 Å². The molecule has 1 aromatic rings. The molecule has 0 aliphatic heterocycles. The quantitative estimate of drug-likeness (QED) is 0.509. The summed E-state index contributed by atoms with van der Waals surface area (Å²) < 4.78 is 26.6. The summed E-state index contributed by atoms with van der Waals surface area (Å²) in [4.78, 5) is 0. The zero-order chi connectivity index (χ0) is 16.8. The van der Waals surface area contributed by atoms with E-state index >= 15 is 0 Å². The molecule has 0 atom stereocenters. The maximum absolute atomic E-state index is 11.9. The molecule has 5 heteroatoms. The monoisotopic (exact) mass is 340 g/mol. The molecule has 0 aliphatic carbocycles. The van der Waals surface area contributed by atoms with Crippen LogP contribution >= 0.6 is 0 Å². The summed E-state index contributed by atoms with van der Waals surface area (Å²) in [5.41, 5.74) is 6.29. The zero-order valence-electron chi connectivity index (χ0n) is 14.2. The molecule has 0 bridgehead atoms. The average Bonchev–Trinajstić information content (AvgIpc) is 2.53. The number of nitrogens with one attached hydrogen (secondary N) is 1. The normalized spacial score (nSPS) is 11.7. The first-order valence-corrected chi connectivity index (χ1v) is 10.5. The van der Waals surface area contributed by atoms with Crippen molar-refractivity contribution < 1.29 is 8.42 Å². The van der Waals surface area contributed by atoms with Crippen LogP contribution in [0.3, 0.4) is 0 Å². The van der Waals surface area contributed by atoms with Crippen molar-refractivity contribution in [2.75, 3.05) is 13.1 Å². The Morgan fingerprint density at radius 2 is 1.30 bits per heavy atom. The zero-order valence-corrected chi connectivity index (χ0v) is 15.0. The lowest BCUT2D eigenvalue weighted by molar-refractivity contribution is 0.551. The highest BCUT2D eigenvalue weighted by Gasteiger charge is 2.09. The molecule has 132 valence electrons. The Morgan fingerprint density at radius 3 is 1.87 bits per heavy atom. The molecule has 0 heterocycles. The summed E-state index contributed by atoms with van der Waals surface area (Å²) in [6.07, 6.45) is 10.7.